The zero-order valence-electron chi connectivity index (χ0n) is 43.0. The molecule has 0 aliphatic rings. The molecule has 63 heavy (non-hydrogen) atoms. The first-order valence-corrected chi connectivity index (χ1v) is 28.4. The van der Waals surface area contributed by atoms with E-state index in [2.05, 4.69) is 27.7 Å². The highest BCUT2D eigenvalue weighted by molar-refractivity contribution is 5.71. The van der Waals surface area contributed by atoms with E-state index in [0.29, 0.717) is 19.3 Å². The Morgan fingerprint density at radius 3 is 0.778 bits per heavy atom. The van der Waals surface area contributed by atoms with E-state index in [-0.39, 0.29) is 31.1 Å². The van der Waals surface area contributed by atoms with Crippen molar-refractivity contribution in [2.75, 3.05) is 13.2 Å². The summed E-state index contributed by atoms with van der Waals surface area (Å²) in [7, 11) is 0. The van der Waals surface area contributed by atoms with E-state index in [0.717, 1.165) is 63.7 Å². The van der Waals surface area contributed by atoms with E-state index in [1.807, 2.05) is 0 Å². The maximum Gasteiger partial charge on any atom is 0.306 e. The van der Waals surface area contributed by atoms with Gasteiger partial charge in [0.25, 0.3) is 0 Å². The third-order valence-corrected chi connectivity index (χ3v) is 13.0. The van der Waals surface area contributed by atoms with Gasteiger partial charge in [0.2, 0.25) is 0 Å². The monoisotopic (exact) mass is 891 g/mol. The highest BCUT2D eigenvalue weighted by Gasteiger charge is 2.19. The first-order valence-electron chi connectivity index (χ1n) is 28.4. The predicted molar refractivity (Wildman–Crippen MR) is 270 cm³/mol. The average Bonchev–Trinajstić information content (AvgIpc) is 3.27. The van der Waals surface area contributed by atoms with Crippen molar-refractivity contribution < 1.29 is 28.6 Å². The van der Waals surface area contributed by atoms with E-state index < -0.39 is 6.10 Å². The topological polar surface area (TPSA) is 78.9 Å². The molecule has 6 nitrogen and oxygen atoms in total. The number of esters is 3. The minimum Gasteiger partial charge on any atom is -0.462 e. The molecule has 0 saturated heterocycles. The van der Waals surface area contributed by atoms with Gasteiger partial charge >= 0.3 is 17.9 Å². The van der Waals surface area contributed by atoms with E-state index in [1.165, 1.54) is 218 Å². The van der Waals surface area contributed by atoms with Crippen LogP contribution in [-0.2, 0) is 28.6 Å². The zero-order valence-corrected chi connectivity index (χ0v) is 43.0. The van der Waals surface area contributed by atoms with Gasteiger partial charge in [0, 0.05) is 19.3 Å². The van der Waals surface area contributed by atoms with Crippen molar-refractivity contribution in [3.8, 4) is 0 Å². The fourth-order valence-corrected chi connectivity index (χ4v) is 8.75. The van der Waals surface area contributed by atoms with Gasteiger partial charge in [-0.3, -0.25) is 14.4 Å². The Kier molecular flexibility index (Phi) is 50.1. The second kappa shape index (κ2) is 51.4. The van der Waals surface area contributed by atoms with Crippen LogP contribution in [0.2, 0.25) is 0 Å². The summed E-state index contributed by atoms with van der Waals surface area (Å²) >= 11 is 0. The lowest BCUT2D eigenvalue weighted by atomic mass is 10.0. The van der Waals surface area contributed by atoms with Crippen LogP contribution < -0.4 is 0 Å². The third-order valence-electron chi connectivity index (χ3n) is 13.0. The minimum atomic E-state index is -0.762. The maximum absolute atomic E-state index is 12.8. The van der Waals surface area contributed by atoms with Crippen LogP contribution in [0.15, 0.2) is 0 Å². The number of rotatable bonds is 52. The molecule has 0 aliphatic carbocycles. The van der Waals surface area contributed by atoms with Gasteiger partial charge in [-0.25, -0.2) is 0 Å². The Hall–Kier alpha value is -1.59. The summed E-state index contributed by atoms with van der Waals surface area (Å²) in [5.41, 5.74) is 0. The molecule has 0 heterocycles. The lowest BCUT2D eigenvalue weighted by molar-refractivity contribution is -0.167. The number of carbonyl (C=O) groups excluding carboxylic acids is 3. The summed E-state index contributed by atoms with van der Waals surface area (Å²) in [5.74, 6) is -0.0298. The van der Waals surface area contributed by atoms with Crippen molar-refractivity contribution in [1.29, 1.82) is 0 Å². The summed E-state index contributed by atoms with van der Waals surface area (Å²) in [6.07, 6.45) is 55.2. The molecule has 0 aromatic carbocycles. The Balaban J connectivity index is 4.28. The SMILES string of the molecule is CCCCCCCCCCCCCCCCCCCC(=O)OC[C@@H](COC(=O)CCCCCCCCCCCC(C)C)OC(=O)CCCCCCCCCCCCCCCCCC. The molecule has 0 aliphatic heterocycles. The molecule has 0 amide bonds. The average molecular weight is 892 g/mol. The summed E-state index contributed by atoms with van der Waals surface area (Å²) in [5, 5.41) is 0. The standard InChI is InChI=1S/C57H110O6/c1-5-7-9-11-13-15-17-19-21-23-25-26-28-32-36-40-44-48-55(58)61-51-54(52-62-56(59)49-45-41-37-34-30-31-35-39-43-47-53(3)4)63-57(60)50-46-42-38-33-29-27-24-22-20-18-16-14-12-10-8-6-2/h53-54H,5-52H2,1-4H3/t54-/m0/s1. The first-order chi connectivity index (χ1) is 30.9. The zero-order chi connectivity index (χ0) is 45.9. The number of hydrogen-bond donors (Lipinski definition) is 0. The fraction of sp³-hybridized carbons (Fsp3) is 0.947. The van der Waals surface area contributed by atoms with Gasteiger partial charge < -0.3 is 14.2 Å². The molecule has 1 atom stereocenters. The summed E-state index contributed by atoms with van der Waals surface area (Å²) in [6, 6.07) is 0. The largest absolute Gasteiger partial charge is 0.462 e. The maximum atomic E-state index is 12.8. The molecule has 0 bridgehead atoms. The highest BCUT2D eigenvalue weighted by Crippen LogP contribution is 2.18. The molecule has 0 aromatic rings. The minimum absolute atomic E-state index is 0.0623. The Bertz CT molecular complexity index is 949. The summed E-state index contributed by atoms with van der Waals surface area (Å²) in [6.45, 7) is 9.03. The Morgan fingerprint density at radius 1 is 0.302 bits per heavy atom. The number of unbranched alkanes of at least 4 members (excludes halogenated alkanes) is 39. The predicted octanol–water partition coefficient (Wildman–Crippen LogP) is 18.6. The lowest BCUT2D eigenvalue weighted by Gasteiger charge is -2.18. The molecule has 0 aromatic heterocycles. The van der Waals surface area contributed by atoms with Crippen LogP contribution in [0.5, 0.6) is 0 Å². The van der Waals surface area contributed by atoms with Crippen molar-refractivity contribution in [2.45, 2.75) is 329 Å². The van der Waals surface area contributed by atoms with E-state index in [4.69, 9.17) is 14.2 Å². The lowest BCUT2D eigenvalue weighted by Crippen LogP contribution is -2.30. The van der Waals surface area contributed by atoms with Crippen molar-refractivity contribution in [1.82, 2.24) is 0 Å². The second-order valence-electron chi connectivity index (χ2n) is 20.1. The van der Waals surface area contributed by atoms with Gasteiger partial charge in [-0.15, -0.1) is 0 Å². The van der Waals surface area contributed by atoms with Crippen LogP contribution in [0.1, 0.15) is 323 Å². The molecule has 0 unspecified atom stereocenters. The Labute approximate surface area is 393 Å². The van der Waals surface area contributed by atoms with E-state index >= 15 is 0 Å². The molecule has 0 N–H and O–H groups in total. The fourth-order valence-electron chi connectivity index (χ4n) is 8.75. The summed E-state index contributed by atoms with van der Waals surface area (Å²) < 4.78 is 16.9. The third kappa shape index (κ3) is 51.3. The van der Waals surface area contributed by atoms with Gasteiger partial charge in [-0.1, -0.05) is 285 Å². The molecular formula is C57H110O6. The number of ether oxygens (including phenoxy) is 3. The van der Waals surface area contributed by atoms with Gasteiger partial charge in [-0.05, 0) is 25.2 Å². The van der Waals surface area contributed by atoms with Gasteiger partial charge in [0.05, 0.1) is 0 Å². The van der Waals surface area contributed by atoms with E-state index in [1.54, 1.807) is 0 Å². The van der Waals surface area contributed by atoms with Crippen molar-refractivity contribution in [3.63, 3.8) is 0 Å². The second-order valence-corrected chi connectivity index (χ2v) is 20.1. The van der Waals surface area contributed by atoms with Crippen LogP contribution in [-0.4, -0.2) is 37.2 Å². The quantitative estimate of drug-likeness (QED) is 0.0344. The molecule has 6 heteroatoms. The molecule has 0 spiro atoms. The summed E-state index contributed by atoms with van der Waals surface area (Å²) in [4.78, 5) is 38.1. The first kappa shape index (κ1) is 61.4. The van der Waals surface area contributed by atoms with Crippen molar-refractivity contribution in [2.24, 2.45) is 5.92 Å². The Morgan fingerprint density at radius 2 is 0.524 bits per heavy atom. The van der Waals surface area contributed by atoms with Crippen molar-refractivity contribution in [3.05, 3.63) is 0 Å². The molecule has 0 fully saturated rings. The van der Waals surface area contributed by atoms with Crippen LogP contribution in [0.25, 0.3) is 0 Å². The molecule has 0 radical (unpaired) electrons. The molecule has 374 valence electrons. The van der Waals surface area contributed by atoms with Crippen LogP contribution in [0, 0.1) is 5.92 Å². The van der Waals surface area contributed by atoms with Gasteiger partial charge in [0.15, 0.2) is 6.10 Å². The normalized spacial score (nSPS) is 12.0. The number of hydrogen-bond acceptors (Lipinski definition) is 6. The van der Waals surface area contributed by atoms with Crippen LogP contribution in [0.4, 0.5) is 0 Å². The van der Waals surface area contributed by atoms with Crippen molar-refractivity contribution >= 4 is 17.9 Å². The van der Waals surface area contributed by atoms with Crippen LogP contribution >= 0.6 is 0 Å². The molecular weight excluding hydrogens is 781 g/mol. The highest BCUT2D eigenvalue weighted by atomic mass is 16.6. The van der Waals surface area contributed by atoms with Gasteiger partial charge in [-0.2, -0.15) is 0 Å². The van der Waals surface area contributed by atoms with Crippen LogP contribution in [0.3, 0.4) is 0 Å². The molecule has 0 saturated carbocycles. The van der Waals surface area contributed by atoms with E-state index in [9.17, 15) is 14.4 Å². The number of carbonyl (C=O) groups is 3. The smallest absolute Gasteiger partial charge is 0.306 e. The van der Waals surface area contributed by atoms with Gasteiger partial charge in [0.1, 0.15) is 13.2 Å². The molecule has 0 rings (SSSR count).